The topological polar surface area (TPSA) is 34.1 Å². The molecule has 3 nitrogen and oxygen atoms in total. The minimum Gasteiger partial charge on any atom is -0.381 e. The van der Waals surface area contributed by atoms with Crippen molar-refractivity contribution in [3.8, 4) is 0 Å². The molecule has 0 spiro atoms. The Kier molecular flexibility index (Phi) is 6.28. The summed E-state index contributed by atoms with van der Waals surface area (Å²) in [7, 11) is 0. The molecule has 2 rings (SSSR count). The molecule has 0 saturated carbocycles. The van der Waals surface area contributed by atoms with Crippen LogP contribution in [-0.4, -0.2) is 24.7 Å². The zero-order valence-corrected chi connectivity index (χ0v) is 13.2. The van der Waals surface area contributed by atoms with Gasteiger partial charge in [0.05, 0.1) is 11.7 Å². The second kappa shape index (κ2) is 7.98. The molecular formula is C15H23BrN2O. The third-order valence-corrected chi connectivity index (χ3v) is 4.34. The average Bonchev–Trinajstić information content (AvgIpc) is 2.45. The van der Waals surface area contributed by atoms with E-state index in [0.717, 1.165) is 48.7 Å². The van der Waals surface area contributed by atoms with Gasteiger partial charge in [0.15, 0.2) is 0 Å². The van der Waals surface area contributed by atoms with Crippen LogP contribution in [0.2, 0.25) is 0 Å². The Morgan fingerprint density at radius 1 is 1.47 bits per heavy atom. The summed E-state index contributed by atoms with van der Waals surface area (Å²) in [6, 6.07) is 4.39. The van der Waals surface area contributed by atoms with E-state index < -0.39 is 0 Å². The molecule has 0 aliphatic carbocycles. The van der Waals surface area contributed by atoms with Crippen molar-refractivity contribution in [3.63, 3.8) is 0 Å². The predicted molar refractivity (Wildman–Crippen MR) is 81.1 cm³/mol. The molecule has 1 unspecified atom stereocenters. The van der Waals surface area contributed by atoms with Crippen molar-refractivity contribution in [2.24, 2.45) is 5.92 Å². The molecule has 106 valence electrons. The smallest absolute Gasteiger partial charge is 0.0714 e. The van der Waals surface area contributed by atoms with Gasteiger partial charge in [0.25, 0.3) is 0 Å². The molecular weight excluding hydrogens is 304 g/mol. The molecule has 19 heavy (non-hydrogen) atoms. The summed E-state index contributed by atoms with van der Waals surface area (Å²) in [4.78, 5) is 4.56. The Labute approximate surface area is 124 Å². The quantitative estimate of drug-likeness (QED) is 0.865. The van der Waals surface area contributed by atoms with Gasteiger partial charge in [-0.15, -0.1) is 0 Å². The maximum Gasteiger partial charge on any atom is 0.0714 e. The van der Waals surface area contributed by atoms with E-state index in [9.17, 15) is 0 Å². The molecule has 4 heteroatoms. The Morgan fingerprint density at radius 2 is 2.26 bits per heavy atom. The lowest BCUT2D eigenvalue weighted by molar-refractivity contribution is 0.0603. The lowest BCUT2D eigenvalue weighted by Crippen LogP contribution is -2.27. The molecule has 1 aliphatic heterocycles. The van der Waals surface area contributed by atoms with Gasteiger partial charge in [0.1, 0.15) is 0 Å². The lowest BCUT2D eigenvalue weighted by Gasteiger charge is -2.27. The molecule has 2 heterocycles. The molecule has 0 bridgehead atoms. The highest BCUT2D eigenvalue weighted by atomic mass is 79.9. The predicted octanol–water partition coefficient (Wildman–Crippen LogP) is 3.70. The SMILES string of the molecule is CCCNC(CC1CCOCC1)c1ncccc1Br. The summed E-state index contributed by atoms with van der Waals surface area (Å²) in [6.07, 6.45) is 6.53. The number of ether oxygens (including phenoxy) is 1. The second-order valence-corrected chi connectivity index (χ2v) is 6.02. The first-order valence-electron chi connectivity index (χ1n) is 7.22. The molecule has 0 radical (unpaired) electrons. The van der Waals surface area contributed by atoms with Gasteiger partial charge >= 0.3 is 0 Å². The number of halogens is 1. The van der Waals surface area contributed by atoms with Crippen LogP contribution in [0.4, 0.5) is 0 Å². The minimum atomic E-state index is 0.346. The van der Waals surface area contributed by atoms with E-state index in [1.807, 2.05) is 12.3 Å². The van der Waals surface area contributed by atoms with Crippen LogP contribution >= 0.6 is 15.9 Å². The largest absolute Gasteiger partial charge is 0.381 e. The lowest BCUT2D eigenvalue weighted by atomic mass is 9.91. The summed E-state index contributed by atoms with van der Waals surface area (Å²) in [5, 5.41) is 3.64. The fourth-order valence-electron chi connectivity index (χ4n) is 2.58. The van der Waals surface area contributed by atoms with E-state index in [0.29, 0.717) is 6.04 Å². The maximum atomic E-state index is 5.45. The van der Waals surface area contributed by atoms with Crippen molar-refractivity contribution >= 4 is 15.9 Å². The van der Waals surface area contributed by atoms with Crippen LogP contribution in [0.25, 0.3) is 0 Å². The van der Waals surface area contributed by atoms with Crippen LogP contribution in [0.1, 0.15) is 44.3 Å². The molecule has 1 atom stereocenters. The molecule has 1 aromatic heterocycles. The van der Waals surface area contributed by atoms with Gasteiger partial charge in [-0.2, -0.15) is 0 Å². The Morgan fingerprint density at radius 3 is 2.95 bits per heavy atom. The molecule has 0 aromatic carbocycles. The first-order valence-corrected chi connectivity index (χ1v) is 8.02. The first-order chi connectivity index (χ1) is 9.31. The van der Waals surface area contributed by atoms with Crippen molar-refractivity contribution in [2.75, 3.05) is 19.8 Å². The molecule has 1 saturated heterocycles. The van der Waals surface area contributed by atoms with Gasteiger partial charge in [0, 0.05) is 23.9 Å². The van der Waals surface area contributed by atoms with Crippen molar-refractivity contribution in [1.29, 1.82) is 0 Å². The van der Waals surface area contributed by atoms with Crippen LogP contribution in [0.3, 0.4) is 0 Å². The number of hydrogen-bond donors (Lipinski definition) is 1. The van der Waals surface area contributed by atoms with Crippen LogP contribution in [0.15, 0.2) is 22.8 Å². The fraction of sp³-hybridized carbons (Fsp3) is 0.667. The summed E-state index contributed by atoms with van der Waals surface area (Å²) in [5.74, 6) is 0.747. The van der Waals surface area contributed by atoms with Gasteiger partial charge in [-0.1, -0.05) is 6.92 Å². The number of nitrogens with one attached hydrogen (secondary N) is 1. The van der Waals surface area contributed by atoms with Crippen molar-refractivity contribution in [1.82, 2.24) is 10.3 Å². The van der Waals surface area contributed by atoms with Crippen molar-refractivity contribution in [3.05, 3.63) is 28.5 Å². The zero-order valence-electron chi connectivity index (χ0n) is 11.6. The number of nitrogens with zero attached hydrogens (tertiary/aromatic N) is 1. The Bertz CT molecular complexity index is 380. The number of aromatic nitrogens is 1. The highest BCUT2D eigenvalue weighted by Gasteiger charge is 2.22. The van der Waals surface area contributed by atoms with Crippen LogP contribution < -0.4 is 5.32 Å². The van der Waals surface area contributed by atoms with Gasteiger partial charge < -0.3 is 10.1 Å². The molecule has 0 amide bonds. The van der Waals surface area contributed by atoms with Crippen LogP contribution in [0.5, 0.6) is 0 Å². The van der Waals surface area contributed by atoms with Crippen LogP contribution in [0, 0.1) is 5.92 Å². The third kappa shape index (κ3) is 4.55. The summed E-state index contributed by atoms with van der Waals surface area (Å²) >= 11 is 3.63. The third-order valence-electron chi connectivity index (χ3n) is 3.67. The minimum absolute atomic E-state index is 0.346. The van der Waals surface area contributed by atoms with E-state index >= 15 is 0 Å². The normalized spacial score (nSPS) is 18.4. The highest BCUT2D eigenvalue weighted by molar-refractivity contribution is 9.10. The van der Waals surface area contributed by atoms with E-state index in [2.05, 4.69) is 39.2 Å². The fourth-order valence-corrected chi connectivity index (χ4v) is 3.11. The van der Waals surface area contributed by atoms with Gasteiger partial charge in [-0.3, -0.25) is 4.98 Å². The standard InChI is InChI=1S/C15H23BrN2O/c1-2-7-17-14(11-12-5-9-19-10-6-12)15-13(16)4-3-8-18-15/h3-4,8,12,14,17H,2,5-7,9-11H2,1H3. The monoisotopic (exact) mass is 326 g/mol. The Balaban J connectivity index is 2.04. The maximum absolute atomic E-state index is 5.45. The zero-order chi connectivity index (χ0) is 13.5. The number of pyridine rings is 1. The van der Waals surface area contributed by atoms with Gasteiger partial charge in [0.2, 0.25) is 0 Å². The molecule has 1 N–H and O–H groups in total. The summed E-state index contributed by atoms with van der Waals surface area (Å²) < 4.78 is 6.55. The van der Waals surface area contributed by atoms with Gasteiger partial charge in [-0.05, 0) is 66.2 Å². The summed E-state index contributed by atoms with van der Waals surface area (Å²) in [5.41, 5.74) is 1.14. The second-order valence-electron chi connectivity index (χ2n) is 5.17. The highest BCUT2D eigenvalue weighted by Crippen LogP contribution is 2.30. The van der Waals surface area contributed by atoms with E-state index in [4.69, 9.17) is 4.74 Å². The van der Waals surface area contributed by atoms with E-state index in [1.165, 1.54) is 12.8 Å². The first kappa shape index (κ1) is 14.9. The average molecular weight is 327 g/mol. The summed E-state index contributed by atoms with van der Waals surface area (Å²) in [6.45, 7) is 5.06. The van der Waals surface area contributed by atoms with Crippen molar-refractivity contribution in [2.45, 2.75) is 38.6 Å². The van der Waals surface area contributed by atoms with Crippen molar-refractivity contribution < 1.29 is 4.74 Å². The van der Waals surface area contributed by atoms with Crippen LogP contribution in [-0.2, 0) is 4.74 Å². The number of hydrogen-bond acceptors (Lipinski definition) is 3. The molecule has 1 fully saturated rings. The van der Waals surface area contributed by atoms with E-state index in [-0.39, 0.29) is 0 Å². The molecule has 1 aliphatic rings. The van der Waals surface area contributed by atoms with E-state index in [1.54, 1.807) is 0 Å². The molecule has 1 aromatic rings. The number of rotatable bonds is 6. The van der Waals surface area contributed by atoms with Gasteiger partial charge in [-0.25, -0.2) is 0 Å². The Hall–Kier alpha value is -0.450.